The van der Waals surface area contributed by atoms with Gasteiger partial charge in [-0.3, -0.25) is 14.9 Å². The van der Waals surface area contributed by atoms with Gasteiger partial charge in [0.1, 0.15) is 0 Å². The van der Waals surface area contributed by atoms with E-state index < -0.39 is 11.2 Å². The van der Waals surface area contributed by atoms with E-state index in [1.54, 1.807) is 6.92 Å². The molecule has 92 valence electrons. The standard InChI is InChI=1S/C10H12N2O5/c1-6(13)11-7(2)17-10-4-3-8(12(15)16)5-9(10)14/h3-5,7,14H,1-2H3,(H,11,13). The van der Waals surface area contributed by atoms with E-state index in [1.165, 1.54) is 19.1 Å². The number of rotatable bonds is 4. The molecule has 1 amide bonds. The van der Waals surface area contributed by atoms with Crippen LogP contribution in [0.25, 0.3) is 0 Å². The molecule has 17 heavy (non-hydrogen) atoms. The van der Waals surface area contributed by atoms with Crippen LogP contribution in [0.2, 0.25) is 0 Å². The van der Waals surface area contributed by atoms with Crippen LogP contribution in [0.1, 0.15) is 13.8 Å². The third-order valence-corrected chi connectivity index (χ3v) is 1.86. The van der Waals surface area contributed by atoms with Crippen LogP contribution < -0.4 is 10.1 Å². The van der Waals surface area contributed by atoms with E-state index in [0.29, 0.717) is 0 Å². The number of aromatic hydroxyl groups is 1. The second-order valence-corrected chi connectivity index (χ2v) is 3.37. The molecule has 1 atom stereocenters. The number of carbonyl (C=O) groups excluding carboxylic acids is 1. The van der Waals surface area contributed by atoms with Crippen LogP contribution in [-0.4, -0.2) is 22.2 Å². The second-order valence-electron chi connectivity index (χ2n) is 3.37. The molecule has 0 aliphatic heterocycles. The zero-order chi connectivity index (χ0) is 13.0. The lowest BCUT2D eigenvalue weighted by atomic mass is 10.3. The van der Waals surface area contributed by atoms with Crippen molar-refractivity contribution in [2.75, 3.05) is 0 Å². The maximum atomic E-state index is 10.7. The molecular weight excluding hydrogens is 228 g/mol. The Morgan fingerprint density at radius 2 is 2.24 bits per heavy atom. The van der Waals surface area contributed by atoms with Gasteiger partial charge in [0.2, 0.25) is 5.91 Å². The highest BCUT2D eigenvalue weighted by atomic mass is 16.6. The lowest BCUT2D eigenvalue weighted by Crippen LogP contribution is -2.34. The smallest absolute Gasteiger partial charge is 0.273 e. The van der Waals surface area contributed by atoms with Crippen molar-refractivity contribution in [2.45, 2.75) is 20.1 Å². The fraction of sp³-hybridized carbons (Fsp3) is 0.300. The zero-order valence-electron chi connectivity index (χ0n) is 9.34. The van der Waals surface area contributed by atoms with E-state index >= 15 is 0 Å². The fourth-order valence-electron chi connectivity index (χ4n) is 1.23. The van der Waals surface area contributed by atoms with E-state index in [1.807, 2.05) is 0 Å². The summed E-state index contributed by atoms with van der Waals surface area (Å²) in [6.07, 6.45) is -0.639. The summed E-state index contributed by atoms with van der Waals surface area (Å²) in [5, 5.41) is 22.4. The second kappa shape index (κ2) is 5.15. The van der Waals surface area contributed by atoms with Crippen LogP contribution in [0.3, 0.4) is 0 Å². The molecule has 0 spiro atoms. The van der Waals surface area contributed by atoms with E-state index in [-0.39, 0.29) is 23.1 Å². The summed E-state index contributed by atoms with van der Waals surface area (Å²) in [4.78, 5) is 20.5. The molecular formula is C10H12N2O5. The lowest BCUT2D eigenvalue weighted by molar-refractivity contribution is -0.385. The van der Waals surface area contributed by atoms with Gasteiger partial charge < -0.3 is 15.2 Å². The highest BCUT2D eigenvalue weighted by Crippen LogP contribution is 2.30. The van der Waals surface area contributed by atoms with Crippen LogP contribution in [0, 0.1) is 10.1 Å². The normalized spacial score (nSPS) is 11.6. The average Bonchev–Trinajstić information content (AvgIpc) is 2.19. The van der Waals surface area contributed by atoms with Gasteiger partial charge in [0.05, 0.1) is 11.0 Å². The summed E-state index contributed by atoms with van der Waals surface area (Å²) in [5.74, 6) is -0.563. The van der Waals surface area contributed by atoms with Crippen LogP contribution in [-0.2, 0) is 4.79 Å². The number of hydrogen-bond donors (Lipinski definition) is 2. The van der Waals surface area contributed by atoms with Crippen molar-refractivity contribution in [3.8, 4) is 11.5 Å². The van der Waals surface area contributed by atoms with Crippen LogP contribution in [0.4, 0.5) is 5.69 Å². The highest BCUT2D eigenvalue weighted by Gasteiger charge is 2.13. The molecule has 0 bridgehead atoms. The van der Waals surface area contributed by atoms with E-state index in [0.717, 1.165) is 6.07 Å². The maximum Gasteiger partial charge on any atom is 0.273 e. The Hall–Kier alpha value is -2.31. The fourth-order valence-corrected chi connectivity index (χ4v) is 1.23. The molecule has 2 N–H and O–H groups in total. The summed E-state index contributed by atoms with van der Waals surface area (Å²) in [5.41, 5.74) is -0.234. The third-order valence-electron chi connectivity index (χ3n) is 1.86. The number of carbonyl (C=O) groups is 1. The number of nitrogens with one attached hydrogen (secondary N) is 1. The number of benzene rings is 1. The Kier molecular flexibility index (Phi) is 3.86. The molecule has 0 heterocycles. The SMILES string of the molecule is CC(=O)NC(C)Oc1ccc([N+](=O)[O-])cc1O. The number of amides is 1. The van der Waals surface area contributed by atoms with Gasteiger partial charge in [0.25, 0.3) is 5.69 Å². The number of hydrogen-bond acceptors (Lipinski definition) is 5. The molecule has 0 aliphatic carbocycles. The first-order valence-electron chi connectivity index (χ1n) is 4.81. The number of phenols is 1. The average molecular weight is 240 g/mol. The Balaban J connectivity index is 2.79. The topological polar surface area (TPSA) is 102 Å². The molecule has 1 aromatic carbocycles. The van der Waals surface area contributed by atoms with Crippen molar-refractivity contribution in [3.05, 3.63) is 28.3 Å². The van der Waals surface area contributed by atoms with Gasteiger partial charge in [-0.05, 0) is 13.0 Å². The van der Waals surface area contributed by atoms with Crippen LogP contribution in [0.5, 0.6) is 11.5 Å². The van der Waals surface area contributed by atoms with Crippen molar-refractivity contribution < 1.29 is 19.6 Å². The molecule has 0 radical (unpaired) electrons. The molecule has 7 nitrogen and oxygen atoms in total. The number of phenolic OH excluding ortho intramolecular Hbond substituents is 1. The largest absolute Gasteiger partial charge is 0.504 e. The van der Waals surface area contributed by atoms with E-state index in [9.17, 15) is 20.0 Å². The minimum atomic E-state index is -0.639. The molecule has 7 heteroatoms. The van der Waals surface area contributed by atoms with Gasteiger partial charge in [-0.2, -0.15) is 0 Å². The molecule has 0 aliphatic rings. The van der Waals surface area contributed by atoms with Crippen molar-refractivity contribution in [2.24, 2.45) is 0 Å². The van der Waals surface area contributed by atoms with Gasteiger partial charge >= 0.3 is 0 Å². The molecule has 0 saturated carbocycles. The number of ether oxygens (including phenoxy) is 1. The van der Waals surface area contributed by atoms with Crippen molar-refractivity contribution in [3.63, 3.8) is 0 Å². The van der Waals surface area contributed by atoms with Crippen molar-refractivity contribution >= 4 is 11.6 Å². The molecule has 0 aromatic heterocycles. The highest BCUT2D eigenvalue weighted by molar-refractivity contribution is 5.73. The Morgan fingerprint density at radius 1 is 1.59 bits per heavy atom. The first-order valence-corrected chi connectivity index (χ1v) is 4.81. The van der Waals surface area contributed by atoms with Gasteiger partial charge in [0.15, 0.2) is 17.7 Å². The number of nitrogens with zero attached hydrogens (tertiary/aromatic N) is 1. The number of nitro benzene ring substituents is 1. The molecule has 0 saturated heterocycles. The van der Waals surface area contributed by atoms with E-state index in [2.05, 4.69) is 5.32 Å². The van der Waals surface area contributed by atoms with Gasteiger partial charge in [-0.25, -0.2) is 0 Å². The quantitative estimate of drug-likeness (QED) is 0.467. The molecule has 1 aromatic rings. The predicted octanol–water partition coefficient (Wildman–Crippen LogP) is 1.16. The number of nitro groups is 1. The van der Waals surface area contributed by atoms with Crippen molar-refractivity contribution in [1.29, 1.82) is 0 Å². The van der Waals surface area contributed by atoms with Crippen LogP contribution >= 0.6 is 0 Å². The molecule has 0 fully saturated rings. The molecule has 1 rings (SSSR count). The number of non-ortho nitro benzene ring substituents is 1. The first-order chi connectivity index (χ1) is 7.90. The Morgan fingerprint density at radius 3 is 2.71 bits per heavy atom. The third kappa shape index (κ3) is 3.63. The van der Waals surface area contributed by atoms with E-state index in [4.69, 9.17) is 4.74 Å². The summed E-state index contributed by atoms with van der Waals surface area (Å²) < 4.78 is 5.19. The first kappa shape index (κ1) is 12.8. The minimum Gasteiger partial charge on any atom is -0.504 e. The summed E-state index contributed by atoms with van der Waals surface area (Å²) in [6, 6.07) is 3.46. The summed E-state index contributed by atoms with van der Waals surface area (Å²) in [6.45, 7) is 2.90. The lowest BCUT2D eigenvalue weighted by Gasteiger charge is -2.15. The van der Waals surface area contributed by atoms with Crippen LogP contribution in [0.15, 0.2) is 18.2 Å². The predicted molar refractivity (Wildman–Crippen MR) is 58.7 cm³/mol. The van der Waals surface area contributed by atoms with Gasteiger partial charge in [-0.1, -0.05) is 0 Å². The maximum absolute atomic E-state index is 10.7. The summed E-state index contributed by atoms with van der Waals surface area (Å²) in [7, 11) is 0. The zero-order valence-corrected chi connectivity index (χ0v) is 9.34. The Labute approximate surface area is 97.2 Å². The Bertz CT molecular complexity index is 446. The van der Waals surface area contributed by atoms with Gasteiger partial charge in [-0.15, -0.1) is 0 Å². The minimum absolute atomic E-state index is 0.0665. The van der Waals surface area contributed by atoms with Gasteiger partial charge in [0, 0.05) is 13.0 Å². The molecule has 1 unspecified atom stereocenters. The summed E-state index contributed by atoms with van der Waals surface area (Å²) >= 11 is 0. The van der Waals surface area contributed by atoms with Crippen molar-refractivity contribution in [1.82, 2.24) is 5.32 Å². The monoisotopic (exact) mass is 240 g/mol.